The number of aromatic nitrogens is 2. The first-order valence-electron chi connectivity index (χ1n) is 6.10. The van der Waals surface area contributed by atoms with Gasteiger partial charge in [0, 0.05) is 19.2 Å². The molecule has 0 spiro atoms. The summed E-state index contributed by atoms with van der Waals surface area (Å²) >= 11 is 0. The van der Waals surface area contributed by atoms with Gasteiger partial charge in [0.2, 0.25) is 0 Å². The van der Waals surface area contributed by atoms with Crippen molar-refractivity contribution in [2.75, 3.05) is 4.72 Å². The number of halogens is 1. The van der Waals surface area contributed by atoms with E-state index < -0.39 is 21.6 Å². The van der Waals surface area contributed by atoms with E-state index in [9.17, 15) is 17.6 Å². The fraction of sp³-hybridized carbons (Fsp3) is 0.0769. The van der Waals surface area contributed by atoms with Crippen molar-refractivity contribution in [2.24, 2.45) is 7.05 Å². The maximum absolute atomic E-state index is 13.1. The highest BCUT2D eigenvalue weighted by molar-refractivity contribution is 7.92. The number of nitrogens with zero attached hydrogens (tertiary/aromatic N) is 2. The molecule has 2 aromatic heterocycles. The van der Waals surface area contributed by atoms with Crippen LogP contribution in [0, 0.1) is 5.82 Å². The van der Waals surface area contributed by atoms with Crippen LogP contribution in [-0.4, -0.2) is 18.0 Å². The molecular formula is C13H10FN3O4S. The number of hydrogen-bond donors (Lipinski definition) is 1. The molecule has 0 aliphatic heterocycles. The number of benzene rings is 1. The van der Waals surface area contributed by atoms with Gasteiger partial charge in [-0.2, -0.15) is 0 Å². The van der Waals surface area contributed by atoms with Gasteiger partial charge in [-0.15, -0.1) is 0 Å². The standard InChI is InChI=1S/C13H10FN3O4S/c1-17-11-3-2-10(5-12(11)21-13(17)18)22(19,20)16-9-4-8(14)6-15-7-9/h2-7,16H,1H3. The molecule has 7 nitrogen and oxygen atoms in total. The van der Waals surface area contributed by atoms with Gasteiger partial charge in [0.1, 0.15) is 5.82 Å². The van der Waals surface area contributed by atoms with Crippen LogP contribution in [0.1, 0.15) is 0 Å². The Morgan fingerprint density at radius 1 is 1.27 bits per heavy atom. The maximum atomic E-state index is 13.1. The third kappa shape index (κ3) is 2.46. The summed E-state index contributed by atoms with van der Waals surface area (Å²) in [5.41, 5.74) is 0.610. The summed E-state index contributed by atoms with van der Waals surface area (Å²) in [7, 11) is -2.44. The molecule has 9 heteroatoms. The van der Waals surface area contributed by atoms with Gasteiger partial charge in [0.05, 0.1) is 28.5 Å². The zero-order valence-electron chi connectivity index (χ0n) is 11.3. The number of anilines is 1. The SMILES string of the molecule is Cn1c(=O)oc2cc(S(=O)(=O)Nc3cncc(F)c3)ccc21. The zero-order valence-corrected chi connectivity index (χ0v) is 12.1. The molecule has 0 aliphatic carbocycles. The molecular weight excluding hydrogens is 313 g/mol. The molecule has 0 atom stereocenters. The average Bonchev–Trinajstić information content (AvgIpc) is 2.73. The van der Waals surface area contributed by atoms with Crippen molar-refractivity contribution in [3.05, 3.63) is 53.0 Å². The first-order valence-corrected chi connectivity index (χ1v) is 7.58. The summed E-state index contributed by atoms with van der Waals surface area (Å²) in [5, 5.41) is 0. The second kappa shape index (κ2) is 4.95. The Bertz CT molecular complexity index is 1020. The molecule has 1 N–H and O–H groups in total. The van der Waals surface area contributed by atoms with Crippen molar-refractivity contribution in [2.45, 2.75) is 4.90 Å². The van der Waals surface area contributed by atoms with Crippen LogP contribution in [0.25, 0.3) is 11.1 Å². The topological polar surface area (TPSA) is 94.2 Å². The third-order valence-corrected chi connectivity index (χ3v) is 4.41. The summed E-state index contributed by atoms with van der Waals surface area (Å²) < 4.78 is 46.0. The minimum Gasteiger partial charge on any atom is -0.408 e. The number of oxazole rings is 1. The van der Waals surface area contributed by atoms with E-state index in [0.717, 1.165) is 12.3 Å². The van der Waals surface area contributed by atoms with Crippen molar-refractivity contribution in [1.29, 1.82) is 0 Å². The third-order valence-electron chi connectivity index (χ3n) is 3.03. The highest BCUT2D eigenvalue weighted by Gasteiger charge is 2.17. The number of fused-ring (bicyclic) bond motifs is 1. The summed E-state index contributed by atoms with van der Waals surface area (Å²) in [6.07, 6.45) is 2.14. The van der Waals surface area contributed by atoms with Crippen molar-refractivity contribution in [3.8, 4) is 0 Å². The van der Waals surface area contributed by atoms with Crippen LogP contribution in [0.3, 0.4) is 0 Å². The Morgan fingerprint density at radius 2 is 2.05 bits per heavy atom. The smallest absolute Gasteiger partial charge is 0.408 e. The molecule has 0 aliphatic rings. The normalized spacial score (nSPS) is 11.7. The molecule has 1 aromatic carbocycles. The number of pyridine rings is 1. The Morgan fingerprint density at radius 3 is 2.77 bits per heavy atom. The highest BCUT2D eigenvalue weighted by atomic mass is 32.2. The number of aryl methyl sites for hydroxylation is 1. The Balaban J connectivity index is 2.03. The van der Waals surface area contributed by atoms with E-state index in [1.807, 2.05) is 0 Å². The lowest BCUT2D eigenvalue weighted by molar-refractivity contribution is 0.527. The van der Waals surface area contributed by atoms with Crippen LogP contribution < -0.4 is 10.5 Å². The van der Waals surface area contributed by atoms with Crippen LogP contribution in [0.4, 0.5) is 10.1 Å². The molecule has 114 valence electrons. The Hall–Kier alpha value is -2.68. The lowest BCUT2D eigenvalue weighted by atomic mass is 10.3. The number of hydrogen-bond acceptors (Lipinski definition) is 5. The molecule has 3 aromatic rings. The van der Waals surface area contributed by atoms with Gasteiger partial charge >= 0.3 is 5.76 Å². The van der Waals surface area contributed by atoms with Gasteiger partial charge in [-0.05, 0) is 12.1 Å². The molecule has 3 rings (SSSR count). The molecule has 0 amide bonds. The van der Waals surface area contributed by atoms with Crippen LogP contribution in [0.15, 0.2) is 50.8 Å². The van der Waals surface area contributed by atoms with Gasteiger partial charge in [0.25, 0.3) is 10.0 Å². The van der Waals surface area contributed by atoms with E-state index in [2.05, 4.69) is 9.71 Å². The number of sulfonamides is 1. The first-order chi connectivity index (χ1) is 10.4. The lowest BCUT2D eigenvalue weighted by Crippen LogP contribution is -2.13. The first kappa shape index (κ1) is 14.3. The predicted octanol–water partition coefficient (Wildman–Crippen LogP) is 1.47. The molecule has 0 fully saturated rings. The molecule has 0 saturated heterocycles. The molecule has 0 bridgehead atoms. The fourth-order valence-corrected chi connectivity index (χ4v) is 3.01. The van der Waals surface area contributed by atoms with E-state index in [1.54, 1.807) is 0 Å². The molecule has 0 saturated carbocycles. The van der Waals surface area contributed by atoms with Crippen molar-refractivity contribution >= 4 is 26.8 Å². The maximum Gasteiger partial charge on any atom is 0.419 e. The Labute approximate surface area is 124 Å². The molecule has 0 unspecified atom stereocenters. The van der Waals surface area contributed by atoms with Gasteiger partial charge in [-0.3, -0.25) is 14.3 Å². The lowest BCUT2D eigenvalue weighted by Gasteiger charge is -2.07. The van der Waals surface area contributed by atoms with Gasteiger partial charge in [-0.25, -0.2) is 17.6 Å². The highest BCUT2D eigenvalue weighted by Crippen LogP contribution is 2.20. The quantitative estimate of drug-likeness (QED) is 0.787. The molecule has 2 heterocycles. The minimum absolute atomic E-state index is 0.00499. The second-order valence-electron chi connectivity index (χ2n) is 4.55. The van der Waals surface area contributed by atoms with E-state index in [-0.39, 0.29) is 16.2 Å². The summed E-state index contributed by atoms with van der Waals surface area (Å²) in [6.45, 7) is 0. The van der Waals surface area contributed by atoms with Crippen LogP contribution in [0.2, 0.25) is 0 Å². The van der Waals surface area contributed by atoms with Crippen LogP contribution in [-0.2, 0) is 17.1 Å². The largest absolute Gasteiger partial charge is 0.419 e. The summed E-state index contributed by atoms with van der Waals surface area (Å²) in [6, 6.07) is 5.02. The summed E-state index contributed by atoms with van der Waals surface area (Å²) in [5.74, 6) is -1.25. The van der Waals surface area contributed by atoms with Gasteiger partial charge < -0.3 is 4.42 Å². The molecule has 22 heavy (non-hydrogen) atoms. The van der Waals surface area contributed by atoms with Gasteiger partial charge in [0.15, 0.2) is 5.58 Å². The predicted molar refractivity (Wildman–Crippen MR) is 76.5 cm³/mol. The van der Waals surface area contributed by atoms with E-state index in [0.29, 0.717) is 5.52 Å². The van der Waals surface area contributed by atoms with E-state index in [4.69, 9.17) is 4.42 Å². The van der Waals surface area contributed by atoms with Crippen molar-refractivity contribution in [3.63, 3.8) is 0 Å². The summed E-state index contributed by atoms with van der Waals surface area (Å²) in [4.78, 5) is 14.9. The van der Waals surface area contributed by atoms with E-state index >= 15 is 0 Å². The van der Waals surface area contributed by atoms with Crippen molar-refractivity contribution in [1.82, 2.24) is 9.55 Å². The van der Waals surface area contributed by atoms with Gasteiger partial charge in [-0.1, -0.05) is 0 Å². The van der Waals surface area contributed by atoms with Crippen LogP contribution >= 0.6 is 0 Å². The molecule has 0 radical (unpaired) electrons. The Kier molecular flexibility index (Phi) is 3.21. The second-order valence-corrected chi connectivity index (χ2v) is 6.24. The monoisotopic (exact) mass is 323 g/mol. The van der Waals surface area contributed by atoms with E-state index in [1.165, 1.54) is 36.0 Å². The minimum atomic E-state index is -3.95. The van der Waals surface area contributed by atoms with Crippen molar-refractivity contribution < 1.29 is 17.2 Å². The average molecular weight is 323 g/mol. The number of nitrogens with one attached hydrogen (secondary N) is 1. The zero-order chi connectivity index (χ0) is 15.9. The fourth-order valence-electron chi connectivity index (χ4n) is 1.96. The van der Waals surface area contributed by atoms with Crippen LogP contribution in [0.5, 0.6) is 0 Å². The number of rotatable bonds is 3.